The molecule has 0 bridgehead atoms. The maximum Gasteiger partial charge on any atom is 0.252 e. The summed E-state index contributed by atoms with van der Waals surface area (Å²) in [5.41, 5.74) is 4.08. The molecule has 1 saturated heterocycles. The monoisotopic (exact) mass is 407 g/mol. The molecule has 0 spiro atoms. The summed E-state index contributed by atoms with van der Waals surface area (Å²) in [5, 5.41) is 4.24. The van der Waals surface area contributed by atoms with Gasteiger partial charge in [0.05, 0.1) is 6.04 Å². The van der Waals surface area contributed by atoms with Crippen LogP contribution in [0, 0.1) is 13.8 Å². The molecule has 30 heavy (non-hydrogen) atoms. The summed E-state index contributed by atoms with van der Waals surface area (Å²) in [6.45, 7) is 5.90. The molecule has 1 amide bonds. The van der Waals surface area contributed by atoms with E-state index in [4.69, 9.17) is 9.47 Å². The minimum absolute atomic E-state index is 0.0893. The number of likely N-dealkylation sites (tertiary alicyclic amines) is 1. The van der Waals surface area contributed by atoms with Gasteiger partial charge in [0.25, 0.3) is 5.78 Å². The van der Waals surface area contributed by atoms with Crippen LogP contribution >= 0.6 is 0 Å². The molecule has 8 heteroatoms. The average molecular weight is 407 g/mol. The van der Waals surface area contributed by atoms with Gasteiger partial charge in [0, 0.05) is 24.4 Å². The third-order valence-corrected chi connectivity index (χ3v) is 6.10. The summed E-state index contributed by atoms with van der Waals surface area (Å²) in [6, 6.07) is 6.13. The van der Waals surface area contributed by atoms with Crippen molar-refractivity contribution in [1.29, 1.82) is 0 Å². The van der Waals surface area contributed by atoms with Crippen molar-refractivity contribution < 1.29 is 14.3 Å². The summed E-state index contributed by atoms with van der Waals surface area (Å²) >= 11 is 0. The maximum atomic E-state index is 13.1. The molecular weight excluding hydrogens is 382 g/mol. The van der Waals surface area contributed by atoms with E-state index in [0.717, 1.165) is 53.4 Å². The Morgan fingerprint density at radius 2 is 2.03 bits per heavy atom. The Morgan fingerprint density at radius 1 is 1.20 bits per heavy atom. The number of fused-ring (bicyclic) bond motifs is 2. The van der Waals surface area contributed by atoms with E-state index in [2.05, 4.69) is 21.1 Å². The number of rotatable bonds is 4. The topological polar surface area (TPSA) is 81.9 Å². The van der Waals surface area contributed by atoms with Crippen LogP contribution in [0.1, 0.15) is 47.8 Å². The molecular formula is C22H25N5O3. The lowest BCUT2D eigenvalue weighted by Crippen LogP contribution is -2.31. The molecule has 8 nitrogen and oxygen atoms in total. The number of ether oxygens (including phenoxy) is 2. The summed E-state index contributed by atoms with van der Waals surface area (Å²) in [4.78, 5) is 23.8. The van der Waals surface area contributed by atoms with Crippen LogP contribution in [-0.4, -0.2) is 50.1 Å². The first-order valence-electron chi connectivity index (χ1n) is 10.5. The molecule has 2 aliphatic heterocycles. The van der Waals surface area contributed by atoms with Gasteiger partial charge in [-0.3, -0.25) is 4.79 Å². The van der Waals surface area contributed by atoms with Gasteiger partial charge >= 0.3 is 0 Å². The zero-order valence-electron chi connectivity index (χ0n) is 17.3. The summed E-state index contributed by atoms with van der Waals surface area (Å²) < 4.78 is 13.1. The zero-order valence-corrected chi connectivity index (χ0v) is 17.3. The van der Waals surface area contributed by atoms with Crippen molar-refractivity contribution in [2.24, 2.45) is 0 Å². The smallest absolute Gasteiger partial charge is 0.252 e. The molecule has 5 rings (SSSR count). The van der Waals surface area contributed by atoms with E-state index in [0.29, 0.717) is 31.8 Å². The minimum atomic E-state index is 0.0893. The fraction of sp³-hybridized carbons (Fsp3) is 0.455. The summed E-state index contributed by atoms with van der Waals surface area (Å²) in [7, 11) is 0. The van der Waals surface area contributed by atoms with Crippen molar-refractivity contribution in [2.45, 2.75) is 45.6 Å². The number of hydrogen-bond donors (Lipinski definition) is 0. The number of carbonyl (C=O) groups excluding carboxylic acids is 1. The normalized spacial score (nSPS) is 18.2. The molecule has 0 aliphatic carbocycles. The molecule has 4 heterocycles. The third kappa shape index (κ3) is 3.26. The molecule has 0 saturated carbocycles. The maximum absolute atomic E-state index is 13.1. The fourth-order valence-corrected chi connectivity index (χ4v) is 4.57. The van der Waals surface area contributed by atoms with Gasteiger partial charge in [-0.1, -0.05) is 6.07 Å². The van der Waals surface area contributed by atoms with Gasteiger partial charge in [-0.2, -0.15) is 10.1 Å². The first-order chi connectivity index (χ1) is 14.6. The van der Waals surface area contributed by atoms with Gasteiger partial charge < -0.3 is 14.4 Å². The molecule has 2 aliphatic rings. The Bertz CT molecular complexity index is 1110. The third-order valence-electron chi connectivity index (χ3n) is 6.10. The Labute approximate surface area is 174 Å². The van der Waals surface area contributed by atoms with Crippen LogP contribution < -0.4 is 9.47 Å². The predicted octanol–water partition coefficient (Wildman–Crippen LogP) is 2.81. The van der Waals surface area contributed by atoms with Crippen molar-refractivity contribution in [3.05, 3.63) is 47.0 Å². The quantitative estimate of drug-likeness (QED) is 0.662. The highest BCUT2D eigenvalue weighted by atomic mass is 16.6. The van der Waals surface area contributed by atoms with E-state index in [1.165, 1.54) is 6.33 Å². The van der Waals surface area contributed by atoms with Gasteiger partial charge in [-0.15, -0.1) is 0 Å². The van der Waals surface area contributed by atoms with Gasteiger partial charge in [-0.05, 0) is 56.4 Å². The molecule has 0 N–H and O–H groups in total. The van der Waals surface area contributed by atoms with Crippen LogP contribution in [0.3, 0.4) is 0 Å². The highest BCUT2D eigenvalue weighted by molar-refractivity contribution is 5.77. The van der Waals surface area contributed by atoms with Crippen LogP contribution in [0.15, 0.2) is 24.5 Å². The van der Waals surface area contributed by atoms with Gasteiger partial charge in [0.1, 0.15) is 19.5 Å². The van der Waals surface area contributed by atoms with Crippen LogP contribution in [0.2, 0.25) is 0 Å². The van der Waals surface area contributed by atoms with E-state index in [9.17, 15) is 4.79 Å². The molecule has 156 valence electrons. The molecule has 2 aromatic heterocycles. The summed E-state index contributed by atoms with van der Waals surface area (Å²) in [6.07, 6.45) is 4.57. The lowest BCUT2D eigenvalue weighted by atomic mass is 10.0. The van der Waals surface area contributed by atoms with Crippen molar-refractivity contribution in [1.82, 2.24) is 24.5 Å². The number of hydrogen-bond acceptors (Lipinski definition) is 6. The number of aryl methyl sites for hydroxylation is 2. The first kappa shape index (κ1) is 18.8. The number of benzene rings is 1. The van der Waals surface area contributed by atoms with E-state index in [-0.39, 0.29) is 11.9 Å². The van der Waals surface area contributed by atoms with Crippen LogP contribution in [0.4, 0.5) is 0 Å². The molecule has 0 radical (unpaired) electrons. The highest BCUT2D eigenvalue weighted by Gasteiger charge is 2.30. The van der Waals surface area contributed by atoms with Crippen molar-refractivity contribution in [3.63, 3.8) is 0 Å². The second-order valence-corrected chi connectivity index (χ2v) is 7.88. The van der Waals surface area contributed by atoms with Crippen molar-refractivity contribution >= 4 is 11.7 Å². The van der Waals surface area contributed by atoms with Crippen LogP contribution in [-0.2, 0) is 11.2 Å². The number of amides is 1. The van der Waals surface area contributed by atoms with E-state index < -0.39 is 0 Å². The van der Waals surface area contributed by atoms with Gasteiger partial charge in [-0.25, -0.2) is 9.50 Å². The predicted molar refractivity (Wildman–Crippen MR) is 110 cm³/mol. The van der Waals surface area contributed by atoms with Crippen molar-refractivity contribution in [3.8, 4) is 11.5 Å². The molecule has 1 aromatic carbocycles. The second kappa shape index (κ2) is 7.59. The molecule has 3 aromatic rings. The summed E-state index contributed by atoms with van der Waals surface area (Å²) in [5.74, 6) is 2.32. The first-order valence-corrected chi connectivity index (χ1v) is 10.5. The van der Waals surface area contributed by atoms with Crippen LogP contribution in [0.5, 0.6) is 11.5 Å². The Hall–Kier alpha value is -3.16. The average Bonchev–Trinajstić information content (AvgIpc) is 3.43. The van der Waals surface area contributed by atoms with E-state index in [1.54, 1.807) is 4.52 Å². The molecule has 1 atom stereocenters. The molecule has 0 unspecified atom stereocenters. The number of carbonyl (C=O) groups is 1. The molecule has 1 fully saturated rings. The van der Waals surface area contributed by atoms with Crippen molar-refractivity contribution in [2.75, 3.05) is 19.8 Å². The Balaban J connectivity index is 1.32. The van der Waals surface area contributed by atoms with E-state index >= 15 is 0 Å². The standard InChI is InChI=1S/C22H25N5O3/c1-14-17(15(2)27-22(25-14)23-13-24-27)6-8-21(28)26-9-3-4-18(26)16-5-7-19-20(12-16)30-11-10-29-19/h5,7,12-13,18H,3-4,6,8-11H2,1-2H3/t18-/m0/s1. The largest absolute Gasteiger partial charge is 0.486 e. The number of nitrogens with zero attached hydrogens (tertiary/aromatic N) is 5. The second-order valence-electron chi connectivity index (χ2n) is 7.88. The zero-order chi connectivity index (χ0) is 20.7. The van der Waals surface area contributed by atoms with Gasteiger partial charge in [0.15, 0.2) is 11.5 Å². The van der Waals surface area contributed by atoms with Crippen LogP contribution in [0.25, 0.3) is 5.78 Å². The highest BCUT2D eigenvalue weighted by Crippen LogP contribution is 2.38. The van der Waals surface area contributed by atoms with E-state index in [1.807, 2.05) is 30.9 Å². The Morgan fingerprint density at radius 3 is 2.90 bits per heavy atom. The Kier molecular flexibility index (Phi) is 4.77. The lowest BCUT2D eigenvalue weighted by Gasteiger charge is -2.27. The number of aromatic nitrogens is 4. The minimum Gasteiger partial charge on any atom is -0.486 e. The SMILES string of the molecule is Cc1nc2ncnn2c(C)c1CCC(=O)N1CCC[C@H]1c1ccc2c(c1)OCCO2. The van der Waals surface area contributed by atoms with Gasteiger partial charge in [0.2, 0.25) is 5.91 Å². The lowest BCUT2D eigenvalue weighted by molar-refractivity contribution is -0.132. The fourth-order valence-electron chi connectivity index (χ4n) is 4.57.